The lowest BCUT2D eigenvalue weighted by Gasteiger charge is -2.39. The Bertz CT molecular complexity index is 1450. The number of amides is 3. The fraction of sp³-hybridized carbons (Fsp3) is 0.441. The van der Waals surface area contributed by atoms with E-state index in [-0.39, 0.29) is 30.9 Å². The van der Waals surface area contributed by atoms with Gasteiger partial charge in [0.05, 0.1) is 30.1 Å². The summed E-state index contributed by atoms with van der Waals surface area (Å²) in [5.74, 6) is -2.68. The van der Waals surface area contributed by atoms with Crippen LogP contribution < -0.4 is 14.7 Å². The third-order valence-corrected chi connectivity index (χ3v) is 9.59. The van der Waals surface area contributed by atoms with Gasteiger partial charge in [0.15, 0.2) is 0 Å². The van der Waals surface area contributed by atoms with Crippen LogP contribution in [0.2, 0.25) is 0 Å². The van der Waals surface area contributed by atoms with Crippen molar-refractivity contribution in [2.45, 2.75) is 51.0 Å². The van der Waals surface area contributed by atoms with Crippen molar-refractivity contribution < 1.29 is 24.2 Å². The zero-order valence-electron chi connectivity index (χ0n) is 25.2. The van der Waals surface area contributed by atoms with Crippen LogP contribution in [0.1, 0.15) is 27.7 Å². The number of carbonyl (C=O) groups is 3. The summed E-state index contributed by atoms with van der Waals surface area (Å²) in [7, 11) is 0. The van der Waals surface area contributed by atoms with Gasteiger partial charge in [-0.15, -0.1) is 0 Å². The van der Waals surface area contributed by atoms with Crippen molar-refractivity contribution in [1.29, 1.82) is 0 Å². The number of fused-ring (bicyclic) bond motifs is 2. The number of nitrogens with zero attached hydrogens (tertiary/aromatic N) is 4. The summed E-state index contributed by atoms with van der Waals surface area (Å²) in [6.07, 6.45) is 7.49. The van der Waals surface area contributed by atoms with Crippen LogP contribution in [-0.4, -0.2) is 83.8 Å². The molecule has 0 bridgehead atoms. The maximum atomic E-state index is 14.6. The number of ether oxygens (including phenoxy) is 1. The first-order valence-corrected chi connectivity index (χ1v) is 15.2. The van der Waals surface area contributed by atoms with Crippen LogP contribution in [0.4, 0.5) is 17.1 Å². The number of hydrogen-bond donors (Lipinski definition) is 1. The van der Waals surface area contributed by atoms with E-state index in [1.807, 2.05) is 85.8 Å². The maximum Gasteiger partial charge on any atom is 0.253 e. The summed E-state index contributed by atoms with van der Waals surface area (Å²) in [5.41, 5.74) is 0.0117. The van der Waals surface area contributed by atoms with E-state index in [1.165, 1.54) is 4.90 Å². The van der Waals surface area contributed by atoms with Gasteiger partial charge in [-0.05, 0) is 64.1 Å². The van der Waals surface area contributed by atoms with Crippen LogP contribution in [0.5, 0.6) is 0 Å². The normalized spacial score (nSPS) is 30.6. The molecule has 4 aliphatic rings. The van der Waals surface area contributed by atoms with Crippen molar-refractivity contribution in [1.82, 2.24) is 4.90 Å². The molecule has 43 heavy (non-hydrogen) atoms. The predicted molar refractivity (Wildman–Crippen MR) is 166 cm³/mol. The number of rotatable bonds is 7. The molecule has 0 saturated carbocycles. The minimum Gasteiger partial charge on any atom is -0.394 e. The fourth-order valence-corrected chi connectivity index (χ4v) is 7.53. The number of benzene rings is 2. The highest BCUT2D eigenvalue weighted by atomic mass is 16.5. The first-order chi connectivity index (χ1) is 20.7. The average Bonchev–Trinajstić information content (AvgIpc) is 3.29. The van der Waals surface area contributed by atoms with Gasteiger partial charge in [-0.3, -0.25) is 14.4 Å². The van der Waals surface area contributed by atoms with Crippen molar-refractivity contribution in [3.63, 3.8) is 0 Å². The topological polar surface area (TPSA) is 93.6 Å². The Hall–Kier alpha value is -3.95. The largest absolute Gasteiger partial charge is 0.394 e. The molecule has 3 amide bonds. The summed E-state index contributed by atoms with van der Waals surface area (Å²) in [4.78, 5) is 50.5. The first kappa shape index (κ1) is 29.1. The van der Waals surface area contributed by atoms with Gasteiger partial charge in [-0.2, -0.15) is 0 Å². The highest BCUT2D eigenvalue weighted by Gasteiger charge is 2.75. The van der Waals surface area contributed by atoms with E-state index in [4.69, 9.17) is 4.74 Å². The summed E-state index contributed by atoms with van der Waals surface area (Å²) in [5, 5.41) is 10.2. The van der Waals surface area contributed by atoms with Gasteiger partial charge in [0.25, 0.3) is 5.91 Å². The molecule has 1 N–H and O–H groups in total. The van der Waals surface area contributed by atoms with E-state index in [0.29, 0.717) is 12.2 Å². The Morgan fingerprint density at radius 1 is 0.860 bits per heavy atom. The van der Waals surface area contributed by atoms with Crippen LogP contribution >= 0.6 is 0 Å². The molecular formula is C34H40N4O5. The van der Waals surface area contributed by atoms with E-state index in [0.717, 1.165) is 24.5 Å². The molecule has 2 aromatic rings. The predicted octanol–water partition coefficient (Wildman–Crippen LogP) is 3.39. The van der Waals surface area contributed by atoms with Gasteiger partial charge in [0, 0.05) is 43.2 Å². The molecule has 226 valence electrons. The van der Waals surface area contributed by atoms with Gasteiger partial charge in [0.1, 0.15) is 11.6 Å². The number of carbonyl (C=O) groups excluding carboxylic acids is 3. The molecule has 4 aliphatic heterocycles. The third kappa shape index (κ3) is 4.40. The summed E-state index contributed by atoms with van der Waals surface area (Å²) in [6.45, 7) is 9.81. The minimum absolute atomic E-state index is 0.222. The molecule has 4 heterocycles. The second-order valence-electron chi connectivity index (χ2n) is 12.0. The Morgan fingerprint density at radius 3 is 2.09 bits per heavy atom. The molecule has 1 unspecified atom stereocenters. The van der Waals surface area contributed by atoms with Crippen molar-refractivity contribution >= 4 is 34.8 Å². The fourth-order valence-electron chi connectivity index (χ4n) is 7.53. The van der Waals surface area contributed by atoms with Crippen molar-refractivity contribution in [3.05, 3.63) is 78.9 Å². The molecular weight excluding hydrogens is 544 g/mol. The SMILES string of the molecule is CCN(CC)c1ccc(N2CC=C[C@]34O[C@]5(C)C=CCN(c6ccccc6)C(=O)[C@@H]5[C@H]3C(=O)N([C@H](C)CO)C4C2=O)cc1. The molecule has 6 atom stereocenters. The zero-order valence-corrected chi connectivity index (χ0v) is 25.2. The quantitative estimate of drug-likeness (QED) is 0.502. The smallest absolute Gasteiger partial charge is 0.253 e. The van der Waals surface area contributed by atoms with Gasteiger partial charge in [-0.1, -0.05) is 42.5 Å². The lowest BCUT2D eigenvalue weighted by molar-refractivity contribution is -0.147. The van der Waals surface area contributed by atoms with Gasteiger partial charge >= 0.3 is 0 Å². The number of aliphatic hydroxyl groups excluding tert-OH is 1. The van der Waals surface area contributed by atoms with E-state index in [2.05, 4.69) is 18.7 Å². The average molecular weight is 585 g/mol. The van der Waals surface area contributed by atoms with Crippen LogP contribution in [0.3, 0.4) is 0 Å². The zero-order chi connectivity index (χ0) is 30.5. The molecule has 9 nitrogen and oxygen atoms in total. The van der Waals surface area contributed by atoms with E-state index >= 15 is 0 Å². The number of likely N-dealkylation sites (tertiary alicyclic amines) is 1. The number of anilines is 3. The van der Waals surface area contributed by atoms with Crippen molar-refractivity contribution in [2.24, 2.45) is 11.8 Å². The molecule has 6 rings (SSSR count). The van der Waals surface area contributed by atoms with Gasteiger partial charge in [-0.25, -0.2) is 0 Å². The van der Waals surface area contributed by atoms with E-state index in [1.54, 1.807) is 16.7 Å². The molecule has 1 spiro atoms. The third-order valence-electron chi connectivity index (χ3n) is 9.59. The number of hydrogen-bond acceptors (Lipinski definition) is 6. The molecule has 2 fully saturated rings. The number of aliphatic hydroxyl groups is 1. The summed E-state index contributed by atoms with van der Waals surface area (Å²) < 4.78 is 6.89. The summed E-state index contributed by atoms with van der Waals surface area (Å²) >= 11 is 0. The van der Waals surface area contributed by atoms with E-state index in [9.17, 15) is 19.5 Å². The van der Waals surface area contributed by atoms with Crippen LogP contribution in [0, 0.1) is 11.8 Å². The highest BCUT2D eigenvalue weighted by molar-refractivity contribution is 6.07. The van der Waals surface area contributed by atoms with E-state index < -0.39 is 35.1 Å². The summed E-state index contributed by atoms with van der Waals surface area (Å²) in [6, 6.07) is 15.5. The first-order valence-electron chi connectivity index (χ1n) is 15.2. The monoisotopic (exact) mass is 584 g/mol. The van der Waals surface area contributed by atoms with Crippen molar-refractivity contribution in [3.8, 4) is 0 Å². The minimum atomic E-state index is -1.38. The van der Waals surface area contributed by atoms with Crippen LogP contribution in [0.25, 0.3) is 0 Å². The molecule has 2 aromatic carbocycles. The second-order valence-corrected chi connectivity index (χ2v) is 12.0. The second kappa shape index (κ2) is 11.0. The standard InChI is InChI=1S/C34H40N4O5/c1-5-35(6-2)24-14-16-26(17-15-24)37-21-11-19-34-28(31(41)38(23(3)22-39)29(34)32(37)42)27-30(40)36(25-12-8-7-9-13-25)20-10-18-33(27,4)43-34/h7-19,23,27-29,39H,5-6,20-22H2,1-4H3/t23-,27+,28+,29?,33-,34+/m1/s1. The molecule has 0 aromatic heterocycles. The Balaban J connectivity index is 1.43. The Morgan fingerprint density at radius 2 is 1.47 bits per heavy atom. The molecule has 9 heteroatoms. The Labute approximate surface area is 253 Å². The van der Waals surface area contributed by atoms with Crippen LogP contribution in [0.15, 0.2) is 78.9 Å². The van der Waals surface area contributed by atoms with Gasteiger partial charge < -0.3 is 29.4 Å². The molecule has 2 saturated heterocycles. The molecule has 0 aliphatic carbocycles. The lowest BCUT2D eigenvalue weighted by Crippen LogP contribution is -2.58. The van der Waals surface area contributed by atoms with Crippen LogP contribution in [-0.2, 0) is 19.1 Å². The molecule has 0 radical (unpaired) electrons. The lowest BCUT2D eigenvalue weighted by atomic mass is 9.74. The van der Waals surface area contributed by atoms with Crippen molar-refractivity contribution in [2.75, 3.05) is 47.5 Å². The van der Waals surface area contributed by atoms with Gasteiger partial charge in [0.2, 0.25) is 11.8 Å². The maximum absolute atomic E-state index is 14.6. The number of para-hydroxylation sites is 1. The highest BCUT2D eigenvalue weighted by Crippen LogP contribution is 2.58. The Kier molecular flexibility index (Phi) is 7.42.